The number of carbonyl (C=O) groups is 1. The summed E-state index contributed by atoms with van der Waals surface area (Å²) in [5.41, 5.74) is 0.654. The molecule has 0 bridgehead atoms. The van der Waals surface area contributed by atoms with E-state index in [2.05, 4.69) is 5.10 Å². The average Bonchev–Trinajstić information content (AvgIpc) is 3.16. The lowest BCUT2D eigenvalue weighted by molar-refractivity contribution is 0.0707. The van der Waals surface area contributed by atoms with Gasteiger partial charge in [-0.3, -0.25) is 9.48 Å². The van der Waals surface area contributed by atoms with Gasteiger partial charge in [0, 0.05) is 19.3 Å². The SMILES string of the molecule is CCn1nccc1C(=O)N1CCC[C@@H]1c1ccco1. The number of rotatable bonds is 3. The lowest BCUT2D eigenvalue weighted by atomic mass is 10.1. The molecule has 1 aliphatic rings. The zero-order chi connectivity index (χ0) is 13.2. The van der Waals surface area contributed by atoms with Crippen molar-refractivity contribution in [3.05, 3.63) is 42.1 Å². The van der Waals surface area contributed by atoms with E-state index in [4.69, 9.17) is 4.42 Å². The number of hydrogen-bond acceptors (Lipinski definition) is 3. The first-order valence-electron chi connectivity index (χ1n) is 6.67. The topological polar surface area (TPSA) is 51.3 Å². The highest BCUT2D eigenvalue weighted by Gasteiger charge is 2.33. The van der Waals surface area contributed by atoms with Crippen LogP contribution in [0, 0.1) is 0 Å². The van der Waals surface area contributed by atoms with Crippen LogP contribution in [0.25, 0.3) is 0 Å². The standard InChI is InChI=1S/C14H17N3O2/c1-2-17-12(7-8-15-17)14(18)16-9-3-5-11(16)13-6-4-10-19-13/h4,6-8,10-11H,2-3,5,9H2,1H3/t11-/m1/s1. The van der Waals surface area contributed by atoms with Gasteiger partial charge in [0.05, 0.1) is 12.3 Å². The van der Waals surface area contributed by atoms with E-state index in [1.165, 1.54) is 0 Å². The maximum absolute atomic E-state index is 12.6. The van der Waals surface area contributed by atoms with Crippen LogP contribution in [0.4, 0.5) is 0 Å². The van der Waals surface area contributed by atoms with Gasteiger partial charge >= 0.3 is 0 Å². The Morgan fingerprint density at radius 1 is 1.53 bits per heavy atom. The number of hydrogen-bond donors (Lipinski definition) is 0. The second-order valence-electron chi connectivity index (χ2n) is 4.70. The minimum absolute atomic E-state index is 0.0400. The number of nitrogens with zero attached hydrogens (tertiary/aromatic N) is 3. The molecule has 0 radical (unpaired) electrons. The third-order valence-electron chi connectivity index (χ3n) is 3.62. The van der Waals surface area contributed by atoms with Gasteiger partial charge in [-0.1, -0.05) is 0 Å². The van der Waals surface area contributed by atoms with Crippen LogP contribution in [0.1, 0.15) is 42.1 Å². The fourth-order valence-corrected chi connectivity index (χ4v) is 2.70. The minimum Gasteiger partial charge on any atom is -0.467 e. The Balaban J connectivity index is 1.87. The van der Waals surface area contributed by atoms with E-state index in [-0.39, 0.29) is 11.9 Å². The number of furan rings is 1. The number of carbonyl (C=O) groups excluding carboxylic acids is 1. The van der Waals surface area contributed by atoms with E-state index in [9.17, 15) is 4.79 Å². The summed E-state index contributed by atoms with van der Waals surface area (Å²) in [4.78, 5) is 14.5. The van der Waals surface area contributed by atoms with Crippen molar-refractivity contribution in [3.63, 3.8) is 0 Å². The summed E-state index contributed by atoms with van der Waals surface area (Å²) in [7, 11) is 0. The Morgan fingerprint density at radius 3 is 3.16 bits per heavy atom. The molecule has 2 aromatic rings. The molecule has 5 heteroatoms. The summed E-state index contributed by atoms with van der Waals surface area (Å²) in [6.07, 6.45) is 5.30. The quantitative estimate of drug-likeness (QED) is 0.850. The molecule has 0 N–H and O–H groups in total. The Bertz CT molecular complexity index is 559. The molecule has 0 aromatic carbocycles. The van der Waals surface area contributed by atoms with Gasteiger partial charge in [-0.25, -0.2) is 0 Å². The van der Waals surface area contributed by atoms with Crippen molar-refractivity contribution in [2.75, 3.05) is 6.54 Å². The van der Waals surface area contributed by atoms with Crippen LogP contribution in [0.15, 0.2) is 35.1 Å². The van der Waals surface area contributed by atoms with Gasteiger partial charge in [0.25, 0.3) is 5.91 Å². The van der Waals surface area contributed by atoms with Crippen LogP contribution in [0.5, 0.6) is 0 Å². The molecule has 3 rings (SSSR count). The van der Waals surface area contributed by atoms with E-state index in [1.807, 2.05) is 24.0 Å². The summed E-state index contributed by atoms with van der Waals surface area (Å²) in [6.45, 7) is 3.46. The first kappa shape index (κ1) is 12.0. The van der Waals surface area contributed by atoms with Crippen LogP contribution in [0.2, 0.25) is 0 Å². The molecule has 2 aromatic heterocycles. The molecule has 0 spiro atoms. The number of likely N-dealkylation sites (tertiary alicyclic amines) is 1. The molecular formula is C14H17N3O2. The van der Waals surface area contributed by atoms with E-state index in [1.54, 1.807) is 23.2 Å². The van der Waals surface area contributed by atoms with Gasteiger partial charge in [0.1, 0.15) is 11.5 Å². The Kier molecular flexibility index (Phi) is 3.11. The van der Waals surface area contributed by atoms with Crippen molar-refractivity contribution in [3.8, 4) is 0 Å². The highest BCUT2D eigenvalue weighted by Crippen LogP contribution is 2.33. The van der Waals surface area contributed by atoms with Gasteiger partial charge in [-0.05, 0) is 38.0 Å². The Hall–Kier alpha value is -2.04. The molecule has 1 atom stereocenters. The van der Waals surface area contributed by atoms with Crippen molar-refractivity contribution in [2.45, 2.75) is 32.4 Å². The zero-order valence-electron chi connectivity index (χ0n) is 11.0. The number of aryl methyl sites for hydroxylation is 1. The van der Waals surface area contributed by atoms with Crippen LogP contribution in [0.3, 0.4) is 0 Å². The summed E-state index contributed by atoms with van der Waals surface area (Å²) < 4.78 is 7.19. The molecule has 0 unspecified atom stereocenters. The lowest BCUT2D eigenvalue weighted by Crippen LogP contribution is -2.32. The van der Waals surface area contributed by atoms with Crippen LogP contribution < -0.4 is 0 Å². The monoisotopic (exact) mass is 259 g/mol. The molecule has 100 valence electrons. The lowest BCUT2D eigenvalue weighted by Gasteiger charge is -2.23. The Labute approximate surface area is 111 Å². The van der Waals surface area contributed by atoms with Gasteiger partial charge in [0.15, 0.2) is 0 Å². The molecule has 1 aliphatic heterocycles. The average molecular weight is 259 g/mol. The largest absolute Gasteiger partial charge is 0.467 e. The molecule has 5 nitrogen and oxygen atoms in total. The zero-order valence-corrected chi connectivity index (χ0v) is 11.0. The maximum Gasteiger partial charge on any atom is 0.272 e. The van der Waals surface area contributed by atoms with Gasteiger partial charge in [-0.2, -0.15) is 5.10 Å². The van der Waals surface area contributed by atoms with Crippen LogP contribution in [-0.4, -0.2) is 27.1 Å². The Morgan fingerprint density at radius 2 is 2.42 bits per heavy atom. The second kappa shape index (κ2) is 4.91. The summed E-state index contributed by atoms with van der Waals surface area (Å²) in [5.74, 6) is 0.909. The fourth-order valence-electron chi connectivity index (χ4n) is 2.70. The van der Waals surface area contributed by atoms with Gasteiger partial charge < -0.3 is 9.32 Å². The predicted octanol–water partition coefficient (Wildman–Crippen LogP) is 2.47. The van der Waals surface area contributed by atoms with Crippen molar-refractivity contribution in [2.24, 2.45) is 0 Å². The predicted molar refractivity (Wildman–Crippen MR) is 69.6 cm³/mol. The van der Waals surface area contributed by atoms with Crippen molar-refractivity contribution in [1.29, 1.82) is 0 Å². The third kappa shape index (κ3) is 2.05. The summed E-state index contributed by atoms with van der Waals surface area (Å²) in [6, 6.07) is 5.64. The second-order valence-corrected chi connectivity index (χ2v) is 4.70. The first-order chi connectivity index (χ1) is 9.31. The molecule has 1 saturated heterocycles. The van der Waals surface area contributed by atoms with Gasteiger partial charge in [0.2, 0.25) is 0 Å². The molecule has 0 saturated carbocycles. The summed E-state index contributed by atoms with van der Waals surface area (Å²) in [5, 5.41) is 4.16. The molecule has 0 aliphatic carbocycles. The summed E-state index contributed by atoms with van der Waals surface area (Å²) >= 11 is 0. The van der Waals surface area contributed by atoms with Crippen LogP contribution in [-0.2, 0) is 6.54 Å². The van der Waals surface area contributed by atoms with E-state index in [0.717, 1.165) is 25.1 Å². The third-order valence-corrected chi connectivity index (χ3v) is 3.62. The number of aromatic nitrogens is 2. The highest BCUT2D eigenvalue weighted by molar-refractivity contribution is 5.93. The van der Waals surface area contributed by atoms with E-state index in [0.29, 0.717) is 12.2 Å². The van der Waals surface area contributed by atoms with Crippen molar-refractivity contribution in [1.82, 2.24) is 14.7 Å². The molecular weight excluding hydrogens is 242 g/mol. The van der Waals surface area contributed by atoms with Crippen molar-refractivity contribution < 1.29 is 9.21 Å². The van der Waals surface area contributed by atoms with Crippen LogP contribution >= 0.6 is 0 Å². The number of amides is 1. The molecule has 1 fully saturated rings. The molecule has 1 amide bonds. The van der Waals surface area contributed by atoms with E-state index < -0.39 is 0 Å². The van der Waals surface area contributed by atoms with Crippen molar-refractivity contribution >= 4 is 5.91 Å². The normalized spacial score (nSPS) is 19.0. The highest BCUT2D eigenvalue weighted by atomic mass is 16.3. The minimum atomic E-state index is 0.0400. The first-order valence-corrected chi connectivity index (χ1v) is 6.67. The van der Waals surface area contributed by atoms with E-state index >= 15 is 0 Å². The fraction of sp³-hybridized carbons (Fsp3) is 0.429. The van der Waals surface area contributed by atoms with Gasteiger partial charge in [-0.15, -0.1) is 0 Å². The molecule has 19 heavy (non-hydrogen) atoms. The molecule has 3 heterocycles. The maximum atomic E-state index is 12.6. The smallest absolute Gasteiger partial charge is 0.272 e.